The van der Waals surface area contributed by atoms with Crippen LogP contribution in [0.5, 0.6) is 5.75 Å². The predicted octanol–water partition coefficient (Wildman–Crippen LogP) is 2.26. The van der Waals surface area contributed by atoms with Crippen LogP contribution in [0.2, 0.25) is 0 Å². The Morgan fingerprint density at radius 1 is 1.33 bits per heavy atom. The van der Waals surface area contributed by atoms with Gasteiger partial charge in [-0.25, -0.2) is 0 Å². The molecule has 1 atom stereocenters. The van der Waals surface area contributed by atoms with Crippen LogP contribution in [0.4, 0.5) is 18.9 Å². The van der Waals surface area contributed by atoms with Gasteiger partial charge in [0.05, 0.1) is 6.20 Å². The van der Waals surface area contributed by atoms with Gasteiger partial charge in [0.1, 0.15) is 11.8 Å². The van der Waals surface area contributed by atoms with Crippen molar-refractivity contribution in [2.75, 3.05) is 19.0 Å². The Balaban J connectivity index is 1.98. The minimum absolute atomic E-state index is 0.0720. The first-order valence-corrected chi connectivity index (χ1v) is 7.05. The molecule has 2 N–H and O–H groups in total. The van der Waals surface area contributed by atoms with Gasteiger partial charge in [0, 0.05) is 24.5 Å². The highest BCUT2D eigenvalue weighted by molar-refractivity contribution is 5.95. The van der Waals surface area contributed by atoms with Gasteiger partial charge in [0.15, 0.2) is 6.61 Å². The second kappa shape index (κ2) is 7.35. The van der Waals surface area contributed by atoms with Crippen molar-refractivity contribution < 1.29 is 22.7 Å². The number of halogens is 3. The van der Waals surface area contributed by atoms with Crippen LogP contribution in [0.25, 0.3) is 0 Å². The summed E-state index contributed by atoms with van der Waals surface area (Å²) in [5.74, 6) is -0.239. The number of rotatable bonds is 6. The molecular formula is C15H17F3N4O2. The van der Waals surface area contributed by atoms with E-state index in [1.165, 1.54) is 24.3 Å². The van der Waals surface area contributed by atoms with Crippen molar-refractivity contribution in [2.24, 2.45) is 7.05 Å². The summed E-state index contributed by atoms with van der Waals surface area (Å²) < 4.78 is 42.5. The van der Waals surface area contributed by atoms with Crippen molar-refractivity contribution in [1.29, 1.82) is 0 Å². The lowest BCUT2D eigenvalue weighted by Crippen LogP contribution is -2.30. The Morgan fingerprint density at radius 3 is 2.50 bits per heavy atom. The lowest BCUT2D eigenvalue weighted by atomic mass is 10.1. The van der Waals surface area contributed by atoms with Gasteiger partial charge < -0.3 is 15.4 Å². The molecule has 1 unspecified atom stereocenters. The van der Waals surface area contributed by atoms with E-state index < -0.39 is 18.8 Å². The topological polar surface area (TPSA) is 68.2 Å². The fourth-order valence-corrected chi connectivity index (χ4v) is 2.05. The number of aromatic nitrogens is 2. The molecule has 1 amide bonds. The average molecular weight is 342 g/mol. The summed E-state index contributed by atoms with van der Waals surface area (Å²) in [6.07, 6.45) is -1.10. The number of carbonyl (C=O) groups excluding carboxylic acids is 1. The molecule has 1 heterocycles. The monoisotopic (exact) mass is 342 g/mol. The zero-order chi connectivity index (χ0) is 17.7. The second-order valence-corrected chi connectivity index (χ2v) is 5.09. The number of nitrogens with one attached hydrogen (secondary N) is 2. The molecule has 0 fully saturated rings. The second-order valence-electron chi connectivity index (χ2n) is 5.09. The zero-order valence-corrected chi connectivity index (χ0v) is 13.1. The van der Waals surface area contributed by atoms with Crippen molar-refractivity contribution >= 4 is 11.6 Å². The summed E-state index contributed by atoms with van der Waals surface area (Å²) in [5.41, 5.74) is 1.14. The van der Waals surface area contributed by atoms with E-state index in [4.69, 9.17) is 0 Å². The smallest absolute Gasteiger partial charge is 0.422 e. The molecule has 1 aromatic heterocycles. The summed E-state index contributed by atoms with van der Waals surface area (Å²) >= 11 is 0. The number of anilines is 1. The molecule has 0 aliphatic rings. The van der Waals surface area contributed by atoms with Gasteiger partial charge in [0.2, 0.25) is 5.91 Å². The molecule has 0 bridgehead atoms. The van der Waals surface area contributed by atoms with Gasteiger partial charge in [-0.1, -0.05) is 0 Å². The standard InChI is InChI=1S/C15H17F3N4O2/c1-19-13(10-7-20-22(2)8-10)14(23)21-11-3-5-12(6-4-11)24-9-15(16,17)18/h3-8,13,19H,9H2,1-2H3,(H,21,23). The third-order valence-corrected chi connectivity index (χ3v) is 3.13. The maximum absolute atomic E-state index is 12.3. The van der Waals surface area contributed by atoms with Gasteiger partial charge in [-0.15, -0.1) is 0 Å². The summed E-state index contributed by atoms with van der Waals surface area (Å²) in [6.45, 7) is -1.36. The number of carbonyl (C=O) groups is 1. The fourth-order valence-electron chi connectivity index (χ4n) is 2.05. The largest absolute Gasteiger partial charge is 0.484 e. The highest BCUT2D eigenvalue weighted by atomic mass is 19.4. The first-order valence-electron chi connectivity index (χ1n) is 7.05. The minimum Gasteiger partial charge on any atom is -0.484 e. The fraction of sp³-hybridized carbons (Fsp3) is 0.333. The van der Waals surface area contributed by atoms with Crippen LogP contribution in [0, 0.1) is 0 Å². The van der Waals surface area contributed by atoms with Crippen molar-refractivity contribution in [1.82, 2.24) is 15.1 Å². The number of likely N-dealkylation sites (N-methyl/N-ethyl adjacent to an activating group) is 1. The number of alkyl halides is 3. The maximum Gasteiger partial charge on any atom is 0.422 e. The number of aryl methyl sites for hydroxylation is 1. The van der Waals surface area contributed by atoms with Gasteiger partial charge in [-0.2, -0.15) is 18.3 Å². The van der Waals surface area contributed by atoms with Gasteiger partial charge in [-0.3, -0.25) is 9.48 Å². The molecule has 2 rings (SSSR count). The molecule has 0 radical (unpaired) electrons. The Labute approximate surface area is 136 Å². The highest BCUT2D eigenvalue weighted by Gasteiger charge is 2.28. The molecule has 0 spiro atoms. The normalized spacial score (nSPS) is 12.7. The van der Waals surface area contributed by atoms with E-state index in [2.05, 4.69) is 20.5 Å². The van der Waals surface area contributed by atoms with E-state index in [9.17, 15) is 18.0 Å². The molecule has 0 aliphatic heterocycles. The Bertz CT molecular complexity index is 683. The first-order chi connectivity index (χ1) is 11.3. The highest BCUT2D eigenvalue weighted by Crippen LogP contribution is 2.21. The van der Waals surface area contributed by atoms with Gasteiger partial charge >= 0.3 is 6.18 Å². The van der Waals surface area contributed by atoms with Crippen LogP contribution in [0.1, 0.15) is 11.6 Å². The van der Waals surface area contributed by atoms with Crippen molar-refractivity contribution in [3.05, 3.63) is 42.2 Å². The number of nitrogens with zero attached hydrogens (tertiary/aromatic N) is 2. The summed E-state index contributed by atoms with van der Waals surface area (Å²) in [6, 6.07) is 5.07. The van der Waals surface area contributed by atoms with E-state index >= 15 is 0 Å². The van der Waals surface area contributed by atoms with Crippen LogP contribution >= 0.6 is 0 Å². The zero-order valence-electron chi connectivity index (χ0n) is 13.1. The average Bonchev–Trinajstić information content (AvgIpc) is 2.93. The third-order valence-electron chi connectivity index (χ3n) is 3.13. The van der Waals surface area contributed by atoms with Crippen LogP contribution < -0.4 is 15.4 Å². The molecule has 6 nitrogen and oxygen atoms in total. The minimum atomic E-state index is -4.39. The summed E-state index contributed by atoms with van der Waals surface area (Å²) in [4.78, 5) is 12.3. The SMILES string of the molecule is CNC(C(=O)Nc1ccc(OCC(F)(F)F)cc1)c1cnn(C)c1. The molecular weight excluding hydrogens is 325 g/mol. The van der Waals surface area contributed by atoms with E-state index in [1.807, 2.05) is 0 Å². The lowest BCUT2D eigenvalue weighted by molar-refractivity contribution is -0.153. The number of hydrogen-bond acceptors (Lipinski definition) is 4. The van der Waals surface area contributed by atoms with Crippen LogP contribution in [0.3, 0.4) is 0 Å². The summed E-state index contributed by atoms with van der Waals surface area (Å²) in [7, 11) is 3.39. The molecule has 130 valence electrons. The van der Waals surface area contributed by atoms with Crippen molar-refractivity contribution in [2.45, 2.75) is 12.2 Å². The van der Waals surface area contributed by atoms with Crippen molar-refractivity contribution in [3.63, 3.8) is 0 Å². The van der Waals surface area contributed by atoms with Crippen molar-refractivity contribution in [3.8, 4) is 5.75 Å². The Kier molecular flexibility index (Phi) is 5.45. The quantitative estimate of drug-likeness (QED) is 0.845. The Morgan fingerprint density at radius 2 is 2.00 bits per heavy atom. The van der Waals surface area contributed by atoms with E-state index in [0.717, 1.165) is 0 Å². The molecule has 0 saturated carbocycles. The van der Waals surface area contributed by atoms with Crippen LogP contribution in [-0.2, 0) is 11.8 Å². The summed E-state index contributed by atoms with van der Waals surface area (Å²) in [5, 5.41) is 9.58. The third kappa shape index (κ3) is 4.98. The molecule has 0 saturated heterocycles. The predicted molar refractivity (Wildman–Crippen MR) is 81.6 cm³/mol. The number of hydrogen-bond donors (Lipinski definition) is 2. The van der Waals surface area contributed by atoms with Gasteiger partial charge in [0.25, 0.3) is 0 Å². The molecule has 0 aliphatic carbocycles. The lowest BCUT2D eigenvalue weighted by Gasteiger charge is -2.15. The van der Waals surface area contributed by atoms with Crippen LogP contribution in [0.15, 0.2) is 36.7 Å². The number of amides is 1. The molecule has 9 heteroatoms. The number of ether oxygens (including phenoxy) is 1. The first kappa shape index (κ1) is 17.8. The van der Waals surface area contributed by atoms with E-state index in [0.29, 0.717) is 11.3 Å². The number of benzene rings is 1. The van der Waals surface area contributed by atoms with Gasteiger partial charge in [-0.05, 0) is 31.3 Å². The van der Waals surface area contributed by atoms with E-state index in [-0.39, 0.29) is 11.7 Å². The van der Waals surface area contributed by atoms with E-state index in [1.54, 1.807) is 31.2 Å². The maximum atomic E-state index is 12.3. The van der Waals surface area contributed by atoms with Crippen LogP contribution in [-0.4, -0.2) is 35.5 Å². The molecule has 2 aromatic rings. The Hall–Kier alpha value is -2.55. The molecule has 1 aromatic carbocycles. The molecule has 24 heavy (non-hydrogen) atoms.